The minimum Gasteiger partial charge on any atom is -0.496 e. The van der Waals surface area contributed by atoms with E-state index in [2.05, 4.69) is 5.32 Å². The number of benzene rings is 1. The third kappa shape index (κ3) is 4.20. The summed E-state index contributed by atoms with van der Waals surface area (Å²) in [6, 6.07) is 3.92. The molecule has 4 nitrogen and oxygen atoms in total. The molecule has 1 aromatic carbocycles. The van der Waals surface area contributed by atoms with Crippen molar-refractivity contribution in [1.82, 2.24) is 5.32 Å². The lowest BCUT2D eigenvalue weighted by Crippen LogP contribution is -2.34. The smallest absolute Gasteiger partial charge is 0.123 e. The highest BCUT2D eigenvalue weighted by Crippen LogP contribution is 2.28. The minimum atomic E-state index is -0.720. The fourth-order valence-electron chi connectivity index (χ4n) is 1.75. The maximum Gasteiger partial charge on any atom is 0.123 e. The van der Waals surface area contributed by atoms with Gasteiger partial charge in [-0.15, -0.1) is 0 Å². The predicted molar refractivity (Wildman–Crippen MR) is 72.3 cm³/mol. The van der Waals surface area contributed by atoms with Crippen LogP contribution >= 0.6 is 0 Å². The molecule has 0 aromatic heterocycles. The van der Waals surface area contributed by atoms with Gasteiger partial charge in [0, 0.05) is 18.7 Å². The third-order valence-electron chi connectivity index (χ3n) is 2.67. The third-order valence-corrected chi connectivity index (χ3v) is 2.67. The molecule has 2 N–H and O–H groups in total. The molecule has 102 valence electrons. The Labute approximate surface area is 109 Å². The maximum atomic E-state index is 9.65. The quantitative estimate of drug-likeness (QED) is 0.812. The van der Waals surface area contributed by atoms with Gasteiger partial charge in [0.1, 0.15) is 11.5 Å². The van der Waals surface area contributed by atoms with E-state index in [9.17, 15) is 5.11 Å². The van der Waals surface area contributed by atoms with E-state index in [4.69, 9.17) is 9.47 Å². The molecule has 0 amide bonds. The molecule has 4 heteroatoms. The lowest BCUT2D eigenvalue weighted by atomic mass is 10.1. The Bertz CT molecular complexity index is 397. The van der Waals surface area contributed by atoms with E-state index < -0.39 is 5.60 Å². The molecule has 0 fully saturated rings. The second kappa shape index (κ2) is 6.07. The second-order valence-corrected chi connectivity index (χ2v) is 5.05. The molecule has 0 aliphatic carbocycles. The zero-order chi connectivity index (χ0) is 13.8. The van der Waals surface area contributed by atoms with Gasteiger partial charge in [-0.05, 0) is 38.5 Å². The van der Waals surface area contributed by atoms with Crippen LogP contribution in [-0.4, -0.2) is 31.5 Å². The van der Waals surface area contributed by atoms with Crippen molar-refractivity contribution in [2.75, 3.05) is 20.8 Å². The van der Waals surface area contributed by atoms with Crippen LogP contribution in [0.15, 0.2) is 12.1 Å². The highest BCUT2D eigenvalue weighted by molar-refractivity contribution is 5.45. The summed E-state index contributed by atoms with van der Waals surface area (Å²) in [6.45, 7) is 6.67. The van der Waals surface area contributed by atoms with Crippen LogP contribution in [0.5, 0.6) is 11.5 Å². The summed E-state index contributed by atoms with van der Waals surface area (Å²) < 4.78 is 10.6. The first-order valence-corrected chi connectivity index (χ1v) is 6.02. The number of aliphatic hydroxyl groups is 1. The van der Waals surface area contributed by atoms with E-state index in [1.54, 1.807) is 28.1 Å². The van der Waals surface area contributed by atoms with Crippen LogP contribution < -0.4 is 14.8 Å². The number of ether oxygens (including phenoxy) is 2. The monoisotopic (exact) mass is 253 g/mol. The van der Waals surface area contributed by atoms with Gasteiger partial charge in [0.15, 0.2) is 0 Å². The Hall–Kier alpha value is -1.26. The van der Waals surface area contributed by atoms with Crippen LogP contribution in [0.3, 0.4) is 0 Å². The van der Waals surface area contributed by atoms with Crippen LogP contribution in [0.4, 0.5) is 0 Å². The molecule has 0 spiro atoms. The molecule has 0 saturated heterocycles. The molecule has 0 bridgehead atoms. The molecule has 18 heavy (non-hydrogen) atoms. The molecule has 1 rings (SSSR count). The van der Waals surface area contributed by atoms with Gasteiger partial charge in [0.05, 0.1) is 19.8 Å². The lowest BCUT2D eigenvalue weighted by Gasteiger charge is -2.19. The van der Waals surface area contributed by atoms with Crippen molar-refractivity contribution >= 4 is 0 Å². The van der Waals surface area contributed by atoms with E-state index in [1.165, 1.54) is 0 Å². The molecule has 0 radical (unpaired) electrons. The van der Waals surface area contributed by atoms with Gasteiger partial charge in [-0.2, -0.15) is 0 Å². The van der Waals surface area contributed by atoms with Crippen molar-refractivity contribution in [1.29, 1.82) is 0 Å². The largest absolute Gasteiger partial charge is 0.496 e. The average Bonchev–Trinajstić information content (AvgIpc) is 2.28. The molecule has 1 aromatic rings. The molecule has 0 aliphatic rings. The van der Waals surface area contributed by atoms with Crippen LogP contribution in [0, 0.1) is 6.92 Å². The van der Waals surface area contributed by atoms with E-state index in [0.29, 0.717) is 13.1 Å². The first kappa shape index (κ1) is 14.8. The van der Waals surface area contributed by atoms with Crippen molar-refractivity contribution in [2.45, 2.75) is 32.9 Å². The lowest BCUT2D eigenvalue weighted by molar-refractivity contribution is 0.0794. The molecular formula is C14H23NO3. The fourth-order valence-corrected chi connectivity index (χ4v) is 1.75. The molecule has 0 heterocycles. The number of aryl methyl sites for hydroxylation is 1. The van der Waals surface area contributed by atoms with Crippen LogP contribution in [-0.2, 0) is 6.54 Å². The van der Waals surface area contributed by atoms with Crippen molar-refractivity contribution in [3.63, 3.8) is 0 Å². The topological polar surface area (TPSA) is 50.7 Å². The van der Waals surface area contributed by atoms with E-state index in [1.807, 2.05) is 19.1 Å². The second-order valence-electron chi connectivity index (χ2n) is 5.05. The van der Waals surface area contributed by atoms with Crippen molar-refractivity contribution in [3.05, 3.63) is 23.3 Å². The van der Waals surface area contributed by atoms with E-state index in [0.717, 1.165) is 22.6 Å². The number of nitrogens with one attached hydrogen (secondary N) is 1. The molecule has 0 unspecified atom stereocenters. The van der Waals surface area contributed by atoms with E-state index in [-0.39, 0.29) is 0 Å². The number of rotatable bonds is 6. The van der Waals surface area contributed by atoms with Gasteiger partial charge < -0.3 is 19.9 Å². The summed E-state index contributed by atoms with van der Waals surface area (Å²) >= 11 is 0. The van der Waals surface area contributed by atoms with Crippen LogP contribution in [0.1, 0.15) is 25.0 Å². The summed E-state index contributed by atoms with van der Waals surface area (Å²) in [7, 11) is 3.31. The SMILES string of the molecule is COc1cc(CNCC(C)(C)O)c(OC)cc1C. The summed E-state index contributed by atoms with van der Waals surface area (Å²) in [4.78, 5) is 0. The van der Waals surface area contributed by atoms with Crippen LogP contribution in [0.25, 0.3) is 0 Å². The van der Waals surface area contributed by atoms with Gasteiger partial charge in [0.25, 0.3) is 0 Å². The first-order valence-electron chi connectivity index (χ1n) is 6.02. The van der Waals surface area contributed by atoms with Gasteiger partial charge in [-0.3, -0.25) is 0 Å². The average molecular weight is 253 g/mol. The Morgan fingerprint density at radius 3 is 2.28 bits per heavy atom. The normalized spacial score (nSPS) is 11.4. The molecular weight excluding hydrogens is 230 g/mol. The molecule has 0 atom stereocenters. The van der Waals surface area contributed by atoms with Gasteiger partial charge in [0.2, 0.25) is 0 Å². The molecule has 0 saturated carbocycles. The number of hydrogen-bond acceptors (Lipinski definition) is 4. The zero-order valence-corrected chi connectivity index (χ0v) is 11.8. The van der Waals surface area contributed by atoms with Crippen molar-refractivity contribution in [3.8, 4) is 11.5 Å². The predicted octanol–water partition coefficient (Wildman–Crippen LogP) is 1.87. The zero-order valence-electron chi connectivity index (χ0n) is 11.8. The minimum absolute atomic E-state index is 0.520. The highest BCUT2D eigenvalue weighted by atomic mass is 16.5. The summed E-state index contributed by atoms with van der Waals surface area (Å²) in [5.74, 6) is 1.67. The molecule has 0 aliphatic heterocycles. The highest BCUT2D eigenvalue weighted by Gasteiger charge is 2.13. The maximum absolute atomic E-state index is 9.65. The van der Waals surface area contributed by atoms with Gasteiger partial charge in [-0.25, -0.2) is 0 Å². The van der Waals surface area contributed by atoms with Crippen molar-refractivity contribution < 1.29 is 14.6 Å². The summed E-state index contributed by atoms with van der Waals surface area (Å²) in [5, 5.41) is 12.9. The summed E-state index contributed by atoms with van der Waals surface area (Å²) in [6.07, 6.45) is 0. The Kier molecular flexibility index (Phi) is 4.99. The Morgan fingerprint density at radius 1 is 1.17 bits per heavy atom. The van der Waals surface area contributed by atoms with Gasteiger partial charge in [-0.1, -0.05) is 0 Å². The van der Waals surface area contributed by atoms with Gasteiger partial charge >= 0.3 is 0 Å². The van der Waals surface area contributed by atoms with E-state index >= 15 is 0 Å². The Balaban J connectivity index is 2.80. The van der Waals surface area contributed by atoms with Crippen molar-refractivity contribution in [2.24, 2.45) is 0 Å². The Morgan fingerprint density at radius 2 is 1.78 bits per heavy atom. The standard InChI is InChI=1S/C14H23NO3/c1-10-6-13(18-5)11(7-12(10)17-4)8-15-9-14(2,3)16/h6-7,15-16H,8-9H2,1-5H3. The summed E-state index contributed by atoms with van der Waals surface area (Å²) in [5.41, 5.74) is 1.34. The fraction of sp³-hybridized carbons (Fsp3) is 0.571. The van der Waals surface area contributed by atoms with Crippen LogP contribution in [0.2, 0.25) is 0 Å². The number of hydrogen-bond donors (Lipinski definition) is 2. The number of methoxy groups -OCH3 is 2. The first-order chi connectivity index (χ1) is 8.37.